The number of alkyl halides is 1. The van der Waals surface area contributed by atoms with Gasteiger partial charge in [-0.15, -0.1) is 0 Å². The fraction of sp³-hybridized carbons (Fsp3) is 0.833. The molecule has 0 aromatic rings. The summed E-state index contributed by atoms with van der Waals surface area (Å²) < 4.78 is -2.17. The molecule has 7 heteroatoms. The third-order valence-corrected chi connectivity index (χ3v) is 2.38. The molecule has 78 valence electrons. The Bertz CT molecular complexity index is 173. The van der Waals surface area contributed by atoms with Gasteiger partial charge in [0.1, 0.15) is 18.3 Å². The lowest BCUT2D eigenvalue weighted by molar-refractivity contribution is -0.139. The van der Waals surface area contributed by atoms with Gasteiger partial charge >= 0.3 is 0 Å². The van der Waals surface area contributed by atoms with Crippen molar-refractivity contribution in [3.8, 4) is 0 Å². The molecule has 0 saturated carbocycles. The summed E-state index contributed by atoms with van der Waals surface area (Å²) in [6.45, 7) is -0.774. The molecule has 0 heterocycles. The molecule has 0 radical (unpaired) electrons. The molecule has 0 aliphatic carbocycles. The average Bonchev–Trinajstić information content (AvgIpc) is 2.14. The highest BCUT2D eigenvalue weighted by Gasteiger charge is 2.40. The number of rotatable bonds is 5. The van der Waals surface area contributed by atoms with Crippen LogP contribution in [0, 0.1) is 0 Å². The van der Waals surface area contributed by atoms with Crippen LogP contribution in [0.3, 0.4) is 0 Å². The first-order chi connectivity index (χ1) is 5.86. The van der Waals surface area contributed by atoms with E-state index >= 15 is 0 Å². The standard InChI is InChI=1S/C6H11IO6/c7-6(13,2-9)5(12)4(11)3(10)1-8/h2-5,8,10-13H,1H2/t3-,4-,5+,6-/m1/s1. The predicted octanol–water partition coefficient (Wildman–Crippen LogP) is -2.62. The second-order valence-electron chi connectivity index (χ2n) is 2.53. The molecule has 0 aliphatic rings. The summed E-state index contributed by atoms with van der Waals surface area (Å²) in [5.74, 6) is 0. The number of aliphatic hydroxyl groups excluding tert-OH is 4. The number of halogens is 1. The van der Waals surface area contributed by atoms with Gasteiger partial charge in [-0.2, -0.15) is 0 Å². The minimum absolute atomic E-state index is 0.0333. The van der Waals surface area contributed by atoms with Crippen molar-refractivity contribution >= 4 is 28.9 Å². The second-order valence-corrected chi connectivity index (χ2v) is 4.26. The molecular formula is C6H11IO6. The van der Waals surface area contributed by atoms with Crippen LogP contribution in [0.25, 0.3) is 0 Å². The van der Waals surface area contributed by atoms with Crippen LogP contribution >= 0.6 is 22.6 Å². The van der Waals surface area contributed by atoms with E-state index in [0.717, 1.165) is 0 Å². The maximum absolute atomic E-state index is 10.2. The Labute approximate surface area is 88.0 Å². The molecule has 6 nitrogen and oxygen atoms in total. The summed E-state index contributed by atoms with van der Waals surface area (Å²) in [5, 5.41) is 44.6. The van der Waals surface area contributed by atoms with Crippen LogP contribution < -0.4 is 0 Å². The summed E-state index contributed by atoms with van der Waals surface area (Å²) in [5.41, 5.74) is 0. The first-order valence-corrected chi connectivity index (χ1v) is 4.47. The smallest absolute Gasteiger partial charge is 0.199 e. The van der Waals surface area contributed by atoms with E-state index in [1.165, 1.54) is 22.6 Å². The first-order valence-electron chi connectivity index (χ1n) is 3.39. The van der Waals surface area contributed by atoms with Crippen LogP contribution in [0.15, 0.2) is 0 Å². The van der Waals surface area contributed by atoms with E-state index in [2.05, 4.69) is 0 Å². The third kappa shape index (κ3) is 3.44. The second kappa shape index (κ2) is 5.17. The molecule has 0 spiro atoms. The van der Waals surface area contributed by atoms with Gasteiger partial charge in [0, 0.05) is 0 Å². The van der Waals surface area contributed by atoms with Crippen molar-refractivity contribution in [3.05, 3.63) is 0 Å². The largest absolute Gasteiger partial charge is 0.394 e. The van der Waals surface area contributed by atoms with Crippen molar-refractivity contribution in [1.29, 1.82) is 0 Å². The van der Waals surface area contributed by atoms with E-state index in [4.69, 9.17) is 25.5 Å². The fourth-order valence-corrected chi connectivity index (χ4v) is 0.996. The summed E-state index contributed by atoms with van der Waals surface area (Å²) >= 11 is 1.22. The van der Waals surface area contributed by atoms with E-state index in [0.29, 0.717) is 0 Å². The molecule has 0 aromatic carbocycles. The molecule has 13 heavy (non-hydrogen) atoms. The summed E-state index contributed by atoms with van der Waals surface area (Å²) in [6.07, 6.45) is -5.20. The fourth-order valence-electron chi connectivity index (χ4n) is 0.628. The van der Waals surface area contributed by atoms with Gasteiger partial charge in [-0.25, -0.2) is 0 Å². The minimum Gasteiger partial charge on any atom is -0.394 e. The number of aliphatic hydroxyl groups is 5. The Morgan fingerprint density at radius 1 is 1.38 bits per heavy atom. The maximum Gasteiger partial charge on any atom is 0.199 e. The lowest BCUT2D eigenvalue weighted by atomic mass is 10.0. The van der Waals surface area contributed by atoms with E-state index in [-0.39, 0.29) is 6.29 Å². The zero-order chi connectivity index (χ0) is 10.6. The zero-order valence-corrected chi connectivity index (χ0v) is 8.70. The highest BCUT2D eigenvalue weighted by Crippen LogP contribution is 2.20. The average molecular weight is 306 g/mol. The third-order valence-electron chi connectivity index (χ3n) is 1.48. The summed E-state index contributed by atoms with van der Waals surface area (Å²) in [6, 6.07) is 0. The quantitative estimate of drug-likeness (QED) is 0.216. The molecule has 0 saturated heterocycles. The normalized spacial score (nSPS) is 22.9. The molecule has 0 aromatic heterocycles. The SMILES string of the molecule is O=C[C@](O)(I)[C@@H](O)[C@H](O)[C@H](O)CO. The van der Waals surface area contributed by atoms with Gasteiger partial charge in [0.15, 0.2) is 9.89 Å². The van der Waals surface area contributed by atoms with Gasteiger partial charge < -0.3 is 25.5 Å². The lowest BCUT2D eigenvalue weighted by Crippen LogP contribution is -2.51. The van der Waals surface area contributed by atoms with E-state index in [9.17, 15) is 4.79 Å². The van der Waals surface area contributed by atoms with Crippen molar-refractivity contribution in [3.63, 3.8) is 0 Å². The monoisotopic (exact) mass is 306 g/mol. The van der Waals surface area contributed by atoms with E-state index in [1.807, 2.05) is 0 Å². The van der Waals surface area contributed by atoms with Gasteiger partial charge in [0.05, 0.1) is 6.61 Å². The number of hydrogen-bond donors (Lipinski definition) is 5. The van der Waals surface area contributed by atoms with Gasteiger partial charge in [0.25, 0.3) is 0 Å². The Balaban J connectivity index is 4.40. The molecule has 0 rings (SSSR count). The van der Waals surface area contributed by atoms with Gasteiger partial charge in [-0.1, -0.05) is 0 Å². The molecule has 0 amide bonds. The highest BCUT2D eigenvalue weighted by atomic mass is 127. The van der Waals surface area contributed by atoms with Crippen molar-refractivity contribution in [1.82, 2.24) is 0 Å². The van der Waals surface area contributed by atoms with Crippen LogP contribution in [-0.2, 0) is 4.79 Å². The van der Waals surface area contributed by atoms with Crippen LogP contribution in [0.5, 0.6) is 0 Å². The van der Waals surface area contributed by atoms with Crippen molar-refractivity contribution in [2.24, 2.45) is 0 Å². The number of carbonyl (C=O) groups is 1. The van der Waals surface area contributed by atoms with Crippen molar-refractivity contribution in [2.45, 2.75) is 21.9 Å². The van der Waals surface area contributed by atoms with Crippen molar-refractivity contribution in [2.75, 3.05) is 6.61 Å². The number of aldehydes is 1. The van der Waals surface area contributed by atoms with Crippen LogP contribution in [0.4, 0.5) is 0 Å². The first kappa shape index (κ1) is 13.2. The molecule has 5 N–H and O–H groups in total. The summed E-state index contributed by atoms with van der Waals surface area (Å²) in [4.78, 5) is 10.2. The van der Waals surface area contributed by atoms with Crippen LogP contribution in [0.2, 0.25) is 0 Å². The minimum atomic E-state index is -2.17. The molecule has 4 atom stereocenters. The van der Waals surface area contributed by atoms with Gasteiger partial charge in [-0.05, 0) is 22.6 Å². The highest BCUT2D eigenvalue weighted by molar-refractivity contribution is 14.1. The topological polar surface area (TPSA) is 118 Å². The Morgan fingerprint density at radius 3 is 2.15 bits per heavy atom. The Hall–Kier alpha value is 0.200. The Morgan fingerprint density at radius 2 is 1.85 bits per heavy atom. The molecular weight excluding hydrogens is 295 g/mol. The lowest BCUT2D eigenvalue weighted by Gasteiger charge is -2.27. The van der Waals surface area contributed by atoms with Crippen LogP contribution in [0.1, 0.15) is 0 Å². The van der Waals surface area contributed by atoms with Gasteiger partial charge in [0.2, 0.25) is 0 Å². The predicted molar refractivity (Wildman–Crippen MR) is 50.1 cm³/mol. The van der Waals surface area contributed by atoms with E-state index in [1.54, 1.807) is 0 Å². The van der Waals surface area contributed by atoms with E-state index < -0.39 is 28.5 Å². The molecule has 0 unspecified atom stereocenters. The maximum atomic E-state index is 10.2. The number of carbonyl (C=O) groups excluding carboxylic acids is 1. The van der Waals surface area contributed by atoms with Gasteiger partial charge in [-0.3, -0.25) is 4.79 Å². The van der Waals surface area contributed by atoms with Crippen molar-refractivity contribution < 1.29 is 30.3 Å². The Kier molecular flexibility index (Phi) is 5.25. The molecule has 0 bridgehead atoms. The number of hydrogen-bond acceptors (Lipinski definition) is 6. The zero-order valence-electron chi connectivity index (χ0n) is 6.54. The molecule has 0 fully saturated rings. The summed E-state index contributed by atoms with van der Waals surface area (Å²) in [7, 11) is 0. The molecule has 0 aliphatic heterocycles. The van der Waals surface area contributed by atoms with Crippen LogP contribution in [-0.4, -0.2) is 60.3 Å².